The van der Waals surface area contributed by atoms with Crippen LogP contribution < -0.4 is 4.90 Å². The summed E-state index contributed by atoms with van der Waals surface area (Å²) in [5.74, 6) is 1.44. The molecule has 0 spiro atoms. The lowest BCUT2D eigenvalue weighted by atomic mass is 10.1. The van der Waals surface area contributed by atoms with Gasteiger partial charge in [-0.1, -0.05) is 35.0 Å². The Morgan fingerprint density at radius 3 is 2.75 bits per heavy atom. The van der Waals surface area contributed by atoms with Crippen molar-refractivity contribution >= 4 is 22.6 Å². The number of amides is 1. The second-order valence-corrected chi connectivity index (χ2v) is 7.25. The zero-order valence-electron chi connectivity index (χ0n) is 15.7. The molecule has 4 aromatic rings. The normalized spacial score (nSPS) is 17.0. The number of nitrogens with zero attached hydrogens (tertiary/aromatic N) is 3. The number of anilines is 1. The number of aryl methyl sites for hydroxylation is 2. The maximum Gasteiger partial charge on any atom is 0.238 e. The van der Waals surface area contributed by atoms with Gasteiger partial charge in [0.05, 0.1) is 5.92 Å². The number of benzene rings is 2. The average Bonchev–Trinajstić information content (AvgIpc) is 3.40. The molecule has 1 atom stereocenters. The van der Waals surface area contributed by atoms with E-state index in [0.29, 0.717) is 30.4 Å². The summed E-state index contributed by atoms with van der Waals surface area (Å²) in [6.07, 6.45) is 0.356. The van der Waals surface area contributed by atoms with Crippen molar-refractivity contribution in [3.8, 4) is 11.6 Å². The predicted molar refractivity (Wildman–Crippen MR) is 105 cm³/mol. The van der Waals surface area contributed by atoms with Crippen LogP contribution in [0.15, 0.2) is 57.5 Å². The van der Waals surface area contributed by atoms with Crippen LogP contribution in [0.25, 0.3) is 22.6 Å². The zero-order chi connectivity index (χ0) is 19.3. The maximum absolute atomic E-state index is 12.5. The molecule has 0 bridgehead atoms. The van der Waals surface area contributed by atoms with Gasteiger partial charge in [-0.3, -0.25) is 4.79 Å². The topological polar surface area (TPSA) is 72.4 Å². The average molecular weight is 373 g/mol. The molecule has 0 saturated carbocycles. The van der Waals surface area contributed by atoms with E-state index in [4.69, 9.17) is 8.94 Å². The number of aromatic nitrogens is 2. The van der Waals surface area contributed by atoms with Crippen LogP contribution in [0.5, 0.6) is 0 Å². The summed E-state index contributed by atoms with van der Waals surface area (Å²) in [6, 6.07) is 15.7. The maximum atomic E-state index is 12.5. The molecule has 6 heteroatoms. The largest absolute Gasteiger partial charge is 0.452 e. The fourth-order valence-corrected chi connectivity index (χ4v) is 3.77. The molecule has 0 unspecified atom stereocenters. The number of carbonyl (C=O) groups is 1. The third-order valence-electron chi connectivity index (χ3n) is 5.28. The number of furan rings is 1. The zero-order valence-corrected chi connectivity index (χ0v) is 15.7. The fraction of sp³-hybridized carbons (Fsp3) is 0.227. The van der Waals surface area contributed by atoms with Gasteiger partial charge >= 0.3 is 0 Å². The second kappa shape index (κ2) is 6.34. The van der Waals surface area contributed by atoms with E-state index >= 15 is 0 Å². The van der Waals surface area contributed by atoms with Crippen molar-refractivity contribution in [2.45, 2.75) is 26.2 Å². The summed E-state index contributed by atoms with van der Waals surface area (Å²) in [6.45, 7) is 4.57. The van der Waals surface area contributed by atoms with Gasteiger partial charge in [0, 0.05) is 29.6 Å². The minimum absolute atomic E-state index is 0.0614. The first kappa shape index (κ1) is 16.7. The molecule has 2 aromatic carbocycles. The monoisotopic (exact) mass is 373 g/mol. The third-order valence-corrected chi connectivity index (χ3v) is 5.28. The van der Waals surface area contributed by atoms with Crippen molar-refractivity contribution in [3.05, 3.63) is 65.5 Å². The van der Waals surface area contributed by atoms with Gasteiger partial charge in [0.2, 0.25) is 17.6 Å². The van der Waals surface area contributed by atoms with Crippen molar-refractivity contribution < 1.29 is 13.7 Å². The molecule has 1 fully saturated rings. The van der Waals surface area contributed by atoms with E-state index in [-0.39, 0.29) is 11.8 Å². The van der Waals surface area contributed by atoms with Gasteiger partial charge in [-0.05, 0) is 38.1 Å². The summed E-state index contributed by atoms with van der Waals surface area (Å²) < 4.78 is 11.5. The van der Waals surface area contributed by atoms with Crippen molar-refractivity contribution in [1.29, 1.82) is 0 Å². The predicted octanol–water partition coefficient (Wildman–Crippen LogP) is 4.62. The van der Waals surface area contributed by atoms with E-state index in [0.717, 1.165) is 22.2 Å². The Morgan fingerprint density at radius 2 is 1.93 bits per heavy atom. The van der Waals surface area contributed by atoms with Crippen LogP contribution in [0.4, 0.5) is 5.69 Å². The first-order chi connectivity index (χ1) is 13.6. The molecule has 1 aliphatic heterocycles. The molecule has 1 aliphatic rings. The number of hydrogen-bond donors (Lipinski definition) is 0. The molecule has 140 valence electrons. The van der Waals surface area contributed by atoms with Gasteiger partial charge in [-0.25, -0.2) is 0 Å². The van der Waals surface area contributed by atoms with Gasteiger partial charge in [0.1, 0.15) is 5.58 Å². The first-order valence-electron chi connectivity index (χ1n) is 9.29. The van der Waals surface area contributed by atoms with Gasteiger partial charge < -0.3 is 13.8 Å². The molecule has 6 nitrogen and oxygen atoms in total. The minimum atomic E-state index is -0.124. The first-order valence-corrected chi connectivity index (χ1v) is 9.29. The number of carbonyl (C=O) groups excluding carboxylic acids is 1. The van der Waals surface area contributed by atoms with E-state index in [1.54, 1.807) is 4.90 Å². The number of para-hydroxylation sites is 1. The Balaban J connectivity index is 1.44. The molecule has 0 aliphatic carbocycles. The Bertz CT molecular complexity index is 1180. The lowest BCUT2D eigenvalue weighted by Crippen LogP contribution is -2.24. The van der Waals surface area contributed by atoms with Crippen molar-refractivity contribution in [1.82, 2.24) is 10.1 Å². The van der Waals surface area contributed by atoms with Crippen LogP contribution >= 0.6 is 0 Å². The smallest absolute Gasteiger partial charge is 0.238 e. The molecule has 28 heavy (non-hydrogen) atoms. The van der Waals surface area contributed by atoms with E-state index in [9.17, 15) is 4.79 Å². The summed E-state index contributed by atoms with van der Waals surface area (Å²) in [4.78, 5) is 18.8. The van der Waals surface area contributed by atoms with Crippen molar-refractivity contribution in [2.24, 2.45) is 0 Å². The van der Waals surface area contributed by atoms with Crippen LogP contribution in [0.1, 0.15) is 29.4 Å². The van der Waals surface area contributed by atoms with Crippen LogP contribution in [-0.4, -0.2) is 22.6 Å². The molecule has 1 saturated heterocycles. The Labute approximate surface area is 161 Å². The third kappa shape index (κ3) is 2.69. The van der Waals surface area contributed by atoms with E-state index in [1.807, 2.05) is 56.3 Å². The molecule has 0 radical (unpaired) electrons. The van der Waals surface area contributed by atoms with Crippen LogP contribution in [0.3, 0.4) is 0 Å². The van der Waals surface area contributed by atoms with Gasteiger partial charge in [-0.2, -0.15) is 4.98 Å². The number of fused-ring (bicyclic) bond motifs is 1. The summed E-state index contributed by atoms with van der Waals surface area (Å²) in [5, 5.41) is 5.17. The number of hydrogen-bond acceptors (Lipinski definition) is 5. The van der Waals surface area contributed by atoms with E-state index in [2.05, 4.69) is 16.2 Å². The minimum Gasteiger partial charge on any atom is -0.452 e. The lowest BCUT2D eigenvalue weighted by Gasteiger charge is -2.15. The molecular formula is C22H19N3O3. The van der Waals surface area contributed by atoms with Gasteiger partial charge in [0.15, 0.2) is 5.76 Å². The second-order valence-electron chi connectivity index (χ2n) is 7.25. The van der Waals surface area contributed by atoms with E-state index < -0.39 is 0 Å². The SMILES string of the molecule is Cc1ccc2oc(-c3noc([C@@H]4CC(=O)N(c5ccccc5)C4)n3)c(C)c2c1. The number of rotatable bonds is 3. The quantitative estimate of drug-likeness (QED) is 0.524. The molecule has 3 heterocycles. The molecule has 0 N–H and O–H groups in total. The highest BCUT2D eigenvalue weighted by Crippen LogP contribution is 2.35. The Kier molecular flexibility index (Phi) is 3.79. The standard InChI is InChI=1S/C22H19N3O3/c1-13-8-9-18-17(10-13)14(2)20(27-18)21-23-22(28-24-21)15-11-19(26)25(12-15)16-6-4-3-5-7-16/h3-10,15H,11-12H2,1-2H3/t15-/m1/s1. The van der Waals surface area contributed by atoms with Gasteiger partial charge in [-0.15, -0.1) is 0 Å². The summed E-state index contributed by atoms with van der Waals surface area (Å²) in [7, 11) is 0. The molecule has 5 rings (SSSR count). The highest BCUT2D eigenvalue weighted by atomic mass is 16.5. The van der Waals surface area contributed by atoms with Crippen LogP contribution in [0, 0.1) is 13.8 Å². The highest BCUT2D eigenvalue weighted by molar-refractivity contribution is 5.96. The van der Waals surface area contributed by atoms with E-state index in [1.165, 1.54) is 5.56 Å². The highest BCUT2D eigenvalue weighted by Gasteiger charge is 2.35. The molecule has 1 amide bonds. The summed E-state index contributed by atoms with van der Waals surface area (Å²) in [5.41, 5.74) is 3.84. The van der Waals surface area contributed by atoms with Crippen LogP contribution in [0.2, 0.25) is 0 Å². The fourth-order valence-electron chi connectivity index (χ4n) is 3.77. The molecule has 2 aromatic heterocycles. The Morgan fingerprint density at radius 1 is 1.11 bits per heavy atom. The van der Waals surface area contributed by atoms with Gasteiger partial charge in [0.25, 0.3) is 0 Å². The Hall–Kier alpha value is -3.41. The summed E-state index contributed by atoms with van der Waals surface area (Å²) >= 11 is 0. The van der Waals surface area contributed by atoms with Crippen molar-refractivity contribution in [3.63, 3.8) is 0 Å². The lowest BCUT2D eigenvalue weighted by molar-refractivity contribution is -0.117. The van der Waals surface area contributed by atoms with Crippen LogP contribution in [-0.2, 0) is 4.79 Å². The molecular weight excluding hydrogens is 354 g/mol. The van der Waals surface area contributed by atoms with Crippen molar-refractivity contribution in [2.75, 3.05) is 11.4 Å².